The maximum Gasteiger partial charge on any atom is 0.313 e. The SMILES string of the molecule is CC[C@@]12C=CCOC(=O)[C@@H]1[C@H]1C(=O)N(CCCO)C3C(=O)N(c4ccccc4Cl)CC=C[C@@]31O2. The normalized spacial score (nSPS) is 34.4. The fourth-order valence-electron chi connectivity index (χ4n) is 5.96. The van der Waals surface area contributed by atoms with Crippen molar-refractivity contribution in [2.24, 2.45) is 11.8 Å². The van der Waals surface area contributed by atoms with Crippen molar-refractivity contribution in [1.29, 1.82) is 0 Å². The van der Waals surface area contributed by atoms with Gasteiger partial charge in [-0.05, 0) is 31.1 Å². The minimum Gasteiger partial charge on any atom is -0.461 e. The molecule has 2 amide bonds. The predicted octanol–water partition coefficient (Wildman–Crippen LogP) is 2.10. The molecule has 0 aromatic heterocycles. The summed E-state index contributed by atoms with van der Waals surface area (Å²) < 4.78 is 12.1. The van der Waals surface area contributed by atoms with Gasteiger partial charge in [-0.15, -0.1) is 0 Å². The fraction of sp³-hybridized carbons (Fsp3) is 0.480. The molecule has 1 aromatic carbocycles. The number of esters is 1. The molecule has 2 fully saturated rings. The number of likely N-dealkylation sites (tertiary alicyclic amines) is 1. The molecule has 5 rings (SSSR count). The molecule has 2 saturated heterocycles. The quantitative estimate of drug-likeness (QED) is 0.506. The van der Waals surface area contributed by atoms with E-state index in [1.807, 2.05) is 13.0 Å². The maximum absolute atomic E-state index is 14.1. The van der Waals surface area contributed by atoms with Crippen LogP contribution in [0.4, 0.5) is 5.69 Å². The molecule has 1 unspecified atom stereocenters. The van der Waals surface area contributed by atoms with Crippen molar-refractivity contribution in [2.75, 3.05) is 31.2 Å². The van der Waals surface area contributed by atoms with Gasteiger partial charge < -0.3 is 24.4 Å². The number of anilines is 1. The Bertz CT molecular complexity index is 1090. The molecule has 0 aliphatic carbocycles. The second-order valence-electron chi connectivity index (χ2n) is 9.07. The van der Waals surface area contributed by atoms with Crippen LogP contribution in [0.3, 0.4) is 0 Å². The zero-order valence-electron chi connectivity index (χ0n) is 18.9. The molecule has 4 heterocycles. The summed E-state index contributed by atoms with van der Waals surface area (Å²) >= 11 is 6.43. The van der Waals surface area contributed by atoms with E-state index in [-0.39, 0.29) is 38.1 Å². The molecule has 1 aromatic rings. The molecule has 0 radical (unpaired) electrons. The zero-order valence-corrected chi connectivity index (χ0v) is 19.6. The minimum atomic E-state index is -1.35. The van der Waals surface area contributed by atoms with Gasteiger partial charge in [-0.3, -0.25) is 14.4 Å². The van der Waals surface area contributed by atoms with E-state index < -0.39 is 35.0 Å². The van der Waals surface area contributed by atoms with E-state index in [1.165, 1.54) is 4.90 Å². The summed E-state index contributed by atoms with van der Waals surface area (Å²) in [4.78, 5) is 44.2. The van der Waals surface area contributed by atoms with Crippen LogP contribution in [0.25, 0.3) is 0 Å². The molecule has 1 spiro atoms. The molecule has 5 atom stereocenters. The Hall–Kier alpha value is -2.68. The number of halogens is 1. The van der Waals surface area contributed by atoms with Gasteiger partial charge in [-0.2, -0.15) is 0 Å². The Morgan fingerprint density at radius 2 is 1.91 bits per heavy atom. The number of carbonyl (C=O) groups excluding carboxylic acids is 3. The number of fused-ring (bicyclic) bond motifs is 2. The summed E-state index contributed by atoms with van der Waals surface area (Å²) in [5.41, 5.74) is -1.87. The van der Waals surface area contributed by atoms with Crippen LogP contribution in [0.1, 0.15) is 19.8 Å². The van der Waals surface area contributed by atoms with Crippen LogP contribution in [0, 0.1) is 11.8 Å². The number of ether oxygens (including phenoxy) is 2. The molecule has 0 bridgehead atoms. The molecule has 0 saturated carbocycles. The minimum absolute atomic E-state index is 0.112. The highest BCUT2D eigenvalue weighted by molar-refractivity contribution is 6.34. The third-order valence-corrected chi connectivity index (χ3v) is 7.72. The van der Waals surface area contributed by atoms with Gasteiger partial charge in [0.1, 0.15) is 29.8 Å². The van der Waals surface area contributed by atoms with Gasteiger partial charge in [0, 0.05) is 19.7 Å². The number of rotatable bonds is 5. The summed E-state index contributed by atoms with van der Waals surface area (Å²) in [7, 11) is 0. The highest BCUT2D eigenvalue weighted by atomic mass is 35.5. The van der Waals surface area contributed by atoms with E-state index in [1.54, 1.807) is 47.4 Å². The number of carbonyl (C=O) groups is 3. The molecular formula is C25H27ClN2O6. The lowest BCUT2D eigenvalue weighted by molar-refractivity contribution is -0.157. The smallest absolute Gasteiger partial charge is 0.313 e. The van der Waals surface area contributed by atoms with Crippen molar-refractivity contribution in [1.82, 2.24) is 4.90 Å². The van der Waals surface area contributed by atoms with Gasteiger partial charge in [0.15, 0.2) is 0 Å². The summed E-state index contributed by atoms with van der Waals surface area (Å²) in [6, 6.07) is 6.03. The van der Waals surface area contributed by atoms with E-state index in [0.717, 1.165) is 0 Å². The first-order chi connectivity index (χ1) is 16.4. The lowest BCUT2D eigenvalue weighted by atomic mass is 9.73. The van der Waals surface area contributed by atoms with Gasteiger partial charge in [-0.25, -0.2) is 0 Å². The average Bonchev–Trinajstić information content (AvgIpc) is 3.10. The van der Waals surface area contributed by atoms with Crippen molar-refractivity contribution < 1.29 is 29.0 Å². The summed E-state index contributed by atoms with van der Waals surface area (Å²) in [6.45, 7) is 2.27. The number of benzene rings is 1. The molecule has 9 heteroatoms. The van der Waals surface area contributed by atoms with Crippen molar-refractivity contribution in [3.05, 3.63) is 53.6 Å². The van der Waals surface area contributed by atoms with Crippen molar-refractivity contribution in [2.45, 2.75) is 37.0 Å². The fourth-order valence-corrected chi connectivity index (χ4v) is 6.20. The Kier molecular flexibility index (Phi) is 5.78. The van der Waals surface area contributed by atoms with Crippen LogP contribution in [-0.4, -0.2) is 71.3 Å². The van der Waals surface area contributed by atoms with Crippen LogP contribution in [0.15, 0.2) is 48.6 Å². The highest BCUT2D eigenvalue weighted by Crippen LogP contribution is 2.58. The van der Waals surface area contributed by atoms with Crippen molar-refractivity contribution in [3.8, 4) is 0 Å². The van der Waals surface area contributed by atoms with Gasteiger partial charge in [0.25, 0.3) is 5.91 Å². The Labute approximate surface area is 202 Å². The first-order valence-electron chi connectivity index (χ1n) is 11.6. The van der Waals surface area contributed by atoms with E-state index in [9.17, 15) is 19.5 Å². The van der Waals surface area contributed by atoms with Gasteiger partial charge >= 0.3 is 5.97 Å². The van der Waals surface area contributed by atoms with Gasteiger partial charge in [0.2, 0.25) is 5.91 Å². The summed E-state index contributed by atoms with van der Waals surface area (Å²) in [5.74, 6) is -2.98. The first-order valence-corrected chi connectivity index (χ1v) is 12.0. The molecule has 34 heavy (non-hydrogen) atoms. The van der Waals surface area contributed by atoms with E-state index in [4.69, 9.17) is 21.1 Å². The van der Waals surface area contributed by atoms with E-state index in [0.29, 0.717) is 23.6 Å². The number of amides is 2. The molecule has 1 N–H and O–H groups in total. The highest BCUT2D eigenvalue weighted by Gasteiger charge is 2.75. The molecule has 4 aliphatic rings. The summed E-state index contributed by atoms with van der Waals surface area (Å²) in [5, 5.41) is 9.88. The average molecular weight is 487 g/mol. The molecular weight excluding hydrogens is 460 g/mol. The Morgan fingerprint density at radius 1 is 1.12 bits per heavy atom. The number of aliphatic hydroxyl groups excluding tert-OH is 1. The lowest BCUT2D eigenvalue weighted by Gasteiger charge is -2.38. The standard InChI is InChI=1S/C25H27ClN2O6/c1-2-24-10-6-15-33-23(32)19(24)18-21(30)28(13-7-14-29)20-22(31)27(12-5-11-25(18,20)34-24)17-9-4-3-8-16(17)26/h3-6,8-11,18-20,29H,2,7,12-15H2,1H3/t18-,19-,20?,24+,25-/m0/s1. The number of aliphatic hydroxyl groups is 1. The molecule has 8 nitrogen and oxygen atoms in total. The maximum atomic E-state index is 14.1. The number of para-hydroxylation sites is 1. The van der Waals surface area contributed by atoms with Crippen LogP contribution in [0.2, 0.25) is 5.02 Å². The zero-order chi connectivity index (χ0) is 24.1. The number of nitrogens with zero attached hydrogens (tertiary/aromatic N) is 2. The largest absolute Gasteiger partial charge is 0.461 e. The Balaban J connectivity index is 1.67. The van der Waals surface area contributed by atoms with Gasteiger partial charge in [-0.1, -0.05) is 48.9 Å². The topological polar surface area (TPSA) is 96.4 Å². The second-order valence-corrected chi connectivity index (χ2v) is 9.47. The first kappa shape index (κ1) is 23.1. The number of hydrogen-bond donors (Lipinski definition) is 1. The van der Waals surface area contributed by atoms with Crippen molar-refractivity contribution in [3.63, 3.8) is 0 Å². The predicted molar refractivity (Wildman–Crippen MR) is 124 cm³/mol. The molecule has 180 valence electrons. The molecule has 4 aliphatic heterocycles. The van der Waals surface area contributed by atoms with Crippen LogP contribution >= 0.6 is 11.6 Å². The Morgan fingerprint density at radius 3 is 2.65 bits per heavy atom. The lowest BCUT2D eigenvalue weighted by Crippen LogP contribution is -2.56. The number of hydrogen-bond acceptors (Lipinski definition) is 6. The van der Waals surface area contributed by atoms with Crippen molar-refractivity contribution >= 4 is 35.1 Å². The van der Waals surface area contributed by atoms with Gasteiger partial charge in [0.05, 0.1) is 16.6 Å². The van der Waals surface area contributed by atoms with Crippen LogP contribution in [0.5, 0.6) is 0 Å². The number of cyclic esters (lactones) is 1. The third kappa shape index (κ3) is 3.16. The second kappa shape index (κ2) is 8.52. The summed E-state index contributed by atoms with van der Waals surface area (Å²) in [6.07, 6.45) is 7.87. The van der Waals surface area contributed by atoms with E-state index >= 15 is 0 Å². The monoisotopic (exact) mass is 486 g/mol. The van der Waals surface area contributed by atoms with E-state index in [2.05, 4.69) is 0 Å². The van der Waals surface area contributed by atoms with Crippen LogP contribution in [-0.2, 0) is 23.9 Å². The van der Waals surface area contributed by atoms with Crippen LogP contribution < -0.4 is 4.90 Å². The third-order valence-electron chi connectivity index (χ3n) is 7.40.